The van der Waals surface area contributed by atoms with E-state index < -0.39 is 7.14 Å². The topological polar surface area (TPSA) is 12.0 Å². The van der Waals surface area contributed by atoms with Gasteiger partial charge in [-0.3, -0.25) is 0 Å². The Bertz CT molecular complexity index is 174. The molecule has 1 aliphatic rings. The summed E-state index contributed by atoms with van der Waals surface area (Å²) in [6, 6.07) is 0. The SMILES string of the molecule is CC[C@@H]1CC[C@@H](CC)[PH]1(C)B(C)NC. The predicted octanol–water partition coefficient (Wildman–Crippen LogP) is 3.05. The van der Waals surface area contributed by atoms with E-state index in [1.165, 1.54) is 25.7 Å². The summed E-state index contributed by atoms with van der Waals surface area (Å²) in [5, 5.41) is 3.54. The van der Waals surface area contributed by atoms with Crippen molar-refractivity contribution in [3.8, 4) is 0 Å². The summed E-state index contributed by atoms with van der Waals surface area (Å²) >= 11 is 0. The normalized spacial score (nSPS) is 32.9. The fourth-order valence-electron chi connectivity index (χ4n) is 3.66. The maximum absolute atomic E-state index is 3.54. The van der Waals surface area contributed by atoms with Gasteiger partial charge in [0.1, 0.15) is 0 Å². The van der Waals surface area contributed by atoms with Gasteiger partial charge in [-0.2, -0.15) is 0 Å². The minimum absolute atomic E-state index is 0.792. The molecule has 14 heavy (non-hydrogen) atoms. The van der Waals surface area contributed by atoms with Crippen LogP contribution in [-0.4, -0.2) is 31.6 Å². The van der Waals surface area contributed by atoms with Crippen LogP contribution in [0.1, 0.15) is 39.5 Å². The average Bonchev–Trinajstić information content (AvgIpc) is 2.54. The number of hydrogen-bond donors (Lipinski definition) is 1. The molecule has 1 rings (SSSR count). The van der Waals surface area contributed by atoms with Crippen LogP contribution in [0.4, 0.5) is 0 Å². The van der Waals surface area contributed by atoms with E-state index in [1.807, 2.05) is 0 Å². The van der Waals surface area contributed by atoms with Gasteiger partial charge < -0.3 is 0 Å². The molecule has 1 nitrogen and oxygen atoms in total. The third-order valence-corrected chi connectivity index (χ3v) is 12.0. The zero-order valence-electron chi connectivity index (χ0n) is 10.6. The van der Waals surface area contributed by atoms with E-state index in [4.69, 9.17) is 0 Å². The molecule has 1 saturated heterocycles. The summed E-state index contributed by atoms with van der Waals surface area (Å²) < 4.78 is 0. The summed E-state index contributed by atoms with van der Waals surface area (Å²) in [5.74, 6) is 0. The van der Waals surface area contributed by atoms with E-state index in [-0.39, 0.29) is 0 Å². The first-order valence-corrected chi connectivity index (χ1v) is 9.01. The van der Waals surface area contributed by atoms with Crippen LogP contribution in [0.15, 0.2) is 0 Å². The van der Waals surface area contributed by atoms with Crippen molar-refractivity contribution in [3.05, 3.63) is 0 Å². The zero-order chi connectivity index (χ0) is 10.8. The van der Waals surface area contributed by atoms with Crippen LogP contribution in [0.3, 0.4) is 0 Å². The van der Waals surface area contributed by atoms with Crippen LogP contribution in [0.2, 0.25) is 6.82 Å². The molecule has 0 amide bonds. The van der Waals surface area contributed by atoms with Gasteiger partial charge >= 0.3 is 90.3 Å². The van der Waals surface area contributed by atoms with Gasteiger partial charge in [0.25, 0.3) is 0 Å². The van der Waals surface area contributed by atoms with E-state index in [2.05, 4.69) is 39.6 Å². The average molecular weight is 215 g/mol. The Kier molecular flexibility index (Phi) is 4.46. The molecule has 0 bridgehead atoms. The van der Waals surface area contributed by atoms with Crippen molar-refractivity contribution in [3.63, 3.8) is 0 Å². The van der Waals surface area contributed by atoms with E-state index >= 15 is 0 Å². The van der Waals surface area contributed by atoms with Crippen molar-refractivity contribution < 1.29 is 0 Å². The Hall–Kier alpha value is 0.455. The molecule has 1 heterocycles. The van der Waals surface area contributed by atoms with Crippen molar-refractivity contribution in [2.24, 2.45) is 0 Å². The Morgan fingerprint density at radius 3 is 1.93 bits per heavy atom. The van der Waals surface area contributed by atoms with Crippen LogP contribution in [-0.2, 0) is 0 Å². The molecular formula is C11H27BNP. The van der Waals surface area contributed by atoms with E-state index in [0.717, 1.165) is 17.9 Å². The van der Waals surface area contributed by atoms with Gasteiger partial charge in [-0.05, 0) is 0 Å². The van der Waals surface area contributed by atoms with Crippen molar-refractivity contribution in [1.29, 1.82) is 0 Å². The summed E-state index contributed by atoms with van der Waals surface area (Å²) in [6.45, 7) is 10.6. The molecule has 84 valence electrons. The van der Waals surface area contributed by atoms with Crippen molar-refractivity contribution >= 4 is 13.7 Å². The van der Waals surface area contributed by atoms with Gasteiger partial charge in [0, 0.05) is 0 Å². The molecule has 0 aromatic heterocycles. The van der Waals surface area contributed by atoms with Crippen molar-refractivity contribution in [1.82, 2.24) is 5.23 Å². The second-order valence-electron chi connectivity index (χ2n) is 5.16. The molecule has 0 radical (unpaired) electrons. The molecule has 0 saturated carbocycles. The van der Waals surface area contributed by atoms with Crippen LogP contribution in [0.5, 0.6) is 0 Å². The van der Waals surface area contributed by atoms with Crippen LogP contribution in [0, 0.1) is 0 Å². The molecular weight excluding hydrogens is 188 g/mol. The third kappa shape index (κ3) is 1.88. The Labute approximate surface area is 90.8 Å². The summed E-state index contributed by atoms with van der Waals surface area (Å²) in [4.78, 5) is 0. The van der Waals surface area contributed by atoms with Crippen molar-refractivity contribution in [2.45, 2.75) is 57.7 Å². The molecule has 0 aromatic carbocycles. The van der Waals surface area contributed by atoms with Gasteiger partial charge in [-0.1, -0.05) is 0 Å². The first kappa shape index (κ1) is 12.5. The Morgan fingerprint density at radius 1 is 1.21 bits per heavy atom. The maximum atomic E-state index is 3.54. The zero-order valence-corrected chi connectivity index (χ0v) is 11.6. The summed E-state index contributed by atoms with van der Waals surface area (Å²) in [6.07, 6.45) is 5.82. The standard InChI is InChI=1S/C11H27BNP/c1-6-10-8-9-11(7-2)14(10,5)12(3)13-4/h10-11,13-14H,6-9H2,1-5H3/t10-,11-/m1/s1. The Morgan fingerprint density at radius 2 is 1.64 bits per heavy atom. The fraction of sp³-hybridized carbons (Fsp3) is 1.00. The van der Waals surface area contributed by atoms with Gasteiger partial charge in [-0.15, -0.1) is 0 Å². The molecule has 0 unspecified atom stereocenters. The summed E-state index contributed by atoms with van der Waals surface area (Å²) in [5.41, 5.74) is 2.13. The van der Waals surface area contributed by atoms with Gasteiger partial charge in [0.05, 0.1) is 0 Å². The predicted molar refractivity (Wildman–Crippen MR) is 72.3 cm³/mol. The van der Waals surface area contributed by atoms with Crippen molar-refractivity contribution in [2.75, 3.05) is 13.7 Å². The quantitative estimate of drug-likeness (QED) is 0.561. The van der Waals surface area contributed by atoms with E-state index in [1.54, 1.807) is 0 Å². The molecule has 0 aromatic rings. The molecule has 3 heteroatoms. The first-order valence-electron chi connectivity index (χ1n) is 6.28. The Balaban J connectivity index is 2.85. The molecule has 1 aliphatic heterocycles. The molecule has 0 spiro atoms. The van der Waals surface area contributed by atoms with E-state index in [9.17, 15) is 0 Å². The first-order chi connectivity index (χ1) is 6.61. The minimum atomic E-state index is -1.06. The van der Waals surface area contributed by atoms with E-state index in [0.29, 0.717) is 0 Å². The second kappa shape index (κ2) is 4.99. The second-order valence-corrected chi connectivity index (χ2v) is 10.4. The molecule has 1 fully saturated rings. The monoisotopic (exact) mass is 215 g/mol. The summed E-state index contributed by atoms with van der Waals surface area (Å²) in [7, 11) is 1.08. The number of rotatable bonds is 4. The van der Waals surface area contributed by atoms with Gasteiger partial charge in [0.15, 0.2) is 0 Å². The fourth-order valence-corrected chi connectivity index (χ4v) is 9.70. The third-order valence-electron chi connectivity index (χ3n) is 4.97. The van der Waals surface area contributed by atoms with Gasteiger partial charge in [-0.25, -0.2) is 0 Å². The van der Waals surface area contributed by atoms with Crippen LogP contribution < -0.4 is 5.23 Å². The van der Waals surface area contributed by atoms with Crippen LogP contribution in [0.25, 0.3) is 0 Å². The number of hydrogen-bond acceptors (Lipinski definition) is 1. The number of nitrogens with one attached hydrogen (secondary N) is 1. The molecule has 1 N–H and O–H groups in total. The van der Waals surface area contributed by atoms with Gasteiger partial charge in [0.2, 0.25) is 0 Å². The van der Waals surface area contributed by atoms with Crippen LogP contribution >= 0.6 is 7.14 Å². The molecule has 2 atom stereocenters. The molecule has 0 aliphatic carbocycles.